The average molecular weight is 304 g/mol. The number of anilines is 1. The molecule has 2 aromatic heterocycles. The zero-order valence-electron chi connectivity index (χ0n) is 12.7. The van der Waals surface area contributed by atoms with E-state index in [-0.39, 0.29) is 5.54 Å². The number of carbonyl (C=O) groups excluding carboxylic acids is 1. The van der Waals surface area contributed by atoms with E-state index in [1.807, 2.05) is 6.07 Å². The Labute approximate surface area is 128 Å². The molecule has 2 aromatic rings. The van der Waals surface area contributed by atoms with Crippen molar-refractivity contribution < 1.29 is 4.79 Å². The lowest BCUT2D eigenvalue weighted by Crippen LogP contribution is -2.53. The van der Waals surface area contributed by atoms with Crippen LogP contribution in [0.1, 0.15) is 31.3 Å². The SMILES string of the molecule is CC(C)(C)N1CCN(c2nc3cnc(C=O)cc3s2)CC1. The molecule has 0 atom stereocenters. The third kappa shape index (κ3) is 2.91. The molecule has 21 heavy (non-hydrogen) atoms. The summed E-state index contributed by atoms with van der Waals surface area (Å²) in [5, 5.41) is 1.03. The Morgan fingerprint density at radius 3 is 2.57 bits per heavy atom. The summed E-state index contributed by atoms with van der Waals surface area (Å²) < 4.78 is 1.03. The fourth-order valence-electron chi connectivity index (χ4n) is 2.60. The minimum absolute atomic E-state index is 0.225. The Morgan fingerprint density at radius 2 is 1.95 bits per heavy atom. The molecule has 0 N–H and O–H groups in total. The second-order valence-corrected chi connectivity index (χ2v) is 7.35. The second-order valence-electron chi connectivity index (χ2n) is 6.34. The predicted molar refractivity (Wildman–Crippen MR) is 86.3 cm³/mol. The zero-order valence-corrected chi connectivity index (χ0v) is 13.5. The van der Waals surface area contributed by atoms with Gasteiger partial charge in [0.15, 0.2) is 11.4 Å². The highest BCUT2D eigenvalue weighted by atomic mass is 32.1. The maximum Gasteiger partial charge on any atom is 0.186 e. The van der Waals surface area contributed by atoms with E-state index in [4.69, 9.17) is 0 Å². The van der Waals surface area contributed by atoms with Crippen molar-refractivity contribution in [3.8, 4) is 0 Å². The van der Waals surface area contributed by atoms with Gasteiger partial charge in [-0.2, -0.15) is 0 Å². The van der Waals surface area contributed by atoms with E-state index in [2.05, 4.69) is 40.5 Å². The van der Waals surface area contributed by atoms with Crippen LogP contribution in [0, 0.1) is 0 Å². The molecular weight excluding hydrogens is 284 g/mol. The van der Waals surface area contributed by atoms with Crippen LogP contribution in [0.2, 0.25) is 0 Å². The maximum atomic E-state index is 10.8. The molecule has 6 heteroatoms. The lowest BCUT2D eigenvalue weighted by atomic mass is 10.1. The molecule has 1 aliphatic rings. The molecule has 0 aliphatic carbocycles. The summed E-state index contributed by atoms with van der Waals surface area (Å²) >= 11 is 1.64. The molecule has 0 amide bonds. The fraction of sp³-hybridized carbons (Fsp3) is 0.533. The van der Waals surface area contributed by atoms with Gasteiger partial charge >= 0.3 is 0 Å². The lowest BCUT2D eigenvalue weighted by Gasteiger charge is -2.42. The number of nitrogens with zero attached hydrogens (tertiary/aromatic N) is 4. The third-order valence-corrected chi connectivity index (χ3v) is 4.98. The van der Waals surface area contributed by atoms with Crippen LogP contribution in [0.3, 0.4) is 0 Å². The largest absolute Gasteiger partial charge is 0.345 e. The number of aromatic nitrogens is 2. The van der Waals surface area contributed by atoms with E-state index >= 15 is 0 Å². The van der Waals surface area contributed by atoms with Gasteiger partial charge in [-0.05, 0) is 26.8 Å². The number of aldehydes is 1. The molecule has 1 fully saturated rings. The Kier molecular flexibility index (Phi) is 3.67. The first-order valence-electron chi connectivity index (χ1n) is 7.19. The minimum atomic E-state index is 0.225. The Balaban J connectivity index is 1.78. The Bertz CT molecular complexity index is 653. The van der Waals surface area contributed by atoms with Gasteiger partial charge in [0.05, 0.1) is 10.9 Å². The summed E-state index contributed by atoms with van der Waals surface area (Å²) in [6.07, 6.45) is 2.46. The number of rotatable bonds is 2. The first kappa shape index (κ1) is 14.4. The number of pyridine rings is 1. The van der Waals surface area contributed by atoms with E-state index in [1.165, 1.54) is 0 Å². The number of hydrogen-bond donors (Lipinski definition) is 0. The van der Waals surface area contributed by atoms with Gasteiger partial charge in [-0.3, -0.25) is 14.7 Å². The molecule has 1 aliphatic heterocycles. The van der Waals surface area contributed by atoms with E-state index in [9.17, 15) is 4.79 Å². The number of thiazole rings is 1. The van der Waals surface area contributed by atoms with Gasteiger partial charge in [-0.1, -0.05) is 11.3 Å². The van der Waals surface area contributed by atoms with Crippen LogP contribution in [-0.4, -0.2) is 52.9 Å². The van der Waals surface area contributed by atoms with Gasteiger partial charge < -0.3 is 4.90 Å². The number of fused-ring (bicyclic) bond motifs is 1. The van der Waals surface area contributed by atoms with Crippen LogP contribution < -0.4 is 4.90 Å². The highest BCUT2D eigenvalue weighted by molar-refractivity contribution is 7.22. The normalized spacial score (nSPS) is 17.4. The summed E-state index contributed by atoms with van der Waals surface area (Å²) in [5.41, 5.74) is 1.57. The van der Waals surface area contributed by atoms with E-state index in [0.29, 0.717) is 5.69 Å². The summed E-state index contributed by atoms with van der Waals surface area (Å²) in [7, 11) is 0. The van der Waals surface area contributed by atoms with Crippen LogP contribution in [-0.2, 0) is 0 Å². The van der Waals surface area contributed by atoms with Gasteiger partial charge in [0.1, 0.15) is 11.2 Å². The van der Waals surface area contributed by atoms with Gasteiger partial charge in [-0.15, -0.1) is 0 Å². The number of carbonyl (C=O) groups is 1. The molecule has 5 nitrogen and oxygen atoms in total. The van der Waals surface area contributed by atoms with E-state index in [0.717, 1.165) is 47.8 Å². The summed E-state index contributed by atoms with van der Waals surface area (Å²) in [6.45, 7) is 10.9. The summed E-state index contributed by atoms with van der Waals surface area (Å²) in [6, 6.07) is 1.81. The van der Waals surface area contributed by atoms with E-state index < -0.39 is 0 Å². The molecule has 0 spiro atoms. The molecule has 3 rings (SSSR count). The number of piperazine rings is 1. The van der Waals surface area contributed by atoms with E-state index in [1.54, 1.807) is 17.5 Å². The molecule has 0 saturated carbocycles. The van der Waals surface area contributed by atoms with Crippen LogP contribution in [0.15, 0.2) is 12.3 Å². The van der Waals surface area contributed by atoms with Gasteiger partial charge in [-0.25, -0.2) is 4.98 Å². The lowest BCUT2D eigenvalue weighted by molar-refractivity contribution is 0.111. The maximum absolute atomic E-state index is 10.8. The third-order valence-electron chi connectivity index (χ3n) is 3.90. The number of hydrogen-bond acceptors (Lipinski definition) is 6. The van der Waals surface area contributed by atoms with Crippen LogP contribution in [0.5, 0.6) is 0 Å². The average Bonchev–Trinajstić information content (AvgIpc) is 2.89. The predicted octanol–water partition coefficient (Wildman–Crippen LogP) is 2.42. The summed E-state index contributed by atoms with van der Waals surface area (Å²) in [4.78, 5) is 24.3. The van der Waals surface area contributed by atoms with Crippen LogP contribution in [0.25, 0.3) is 10.2 Å². The van der Waals surface area contributed by atoms with Crippen molar-refractivity contribution in [1.82, 2.24) is 14.9 Å². The molecule has 0 aromatic carbocycles. The first-order valence-corrected chi connectivity index (χ1v) is 8.01. The molecule has 0 radical (unpaired) electrons. The quantitative estimate of drug-likeness (QED) is 0.798. The molecule has 1 saturated heterocycles. The van der Waals surface area contributed by atoms with Gasteiger partial charge in [0.2, 0.25) is 0 Å². The van der Waals surface area contributed by atoms with Gasteiger partial charge in [0.25, 0.3) is 0 Å². The molecule has 0 unspecified atom stereocenters. The monoisotopic (exact) mass is 304 g/mol. The molecule has 112 valence electrons. The second kappa shape index (κ2) is 5.35. The first-order chi connectivity index (χ1) is 9.97. The standard InChI is InChI=1S/C15H20N4OS/c1-15(2,3)19-6-4-18(5-7-19)14-17-12-9-16-11(10-20)8-13(12)21-14/h8-10H,4-7H2,1-3H3. The smallest absolute Gasteiger partial charge is 0.186 e. The van der Waals surface area contributed by atoms with Crippen molar-refractivity contribution in [3.63, 3.8) is 0 Å². The zero-order chi connectivity index (χ0) is 15.0. The van der Waals surface area contributed by atoms with Crippen molar-refractivity contribution in [3.05, 3.63) is 18.0 Å². The molecule has 0 bridgehead atoms. The molecular formula is C15H20N4OS. The van der Waals surface area contributed by atoms with Crippen LogP contribution >= 0.6 is 11.3 Å². The van der Waals surface area contributed by atoms with Crippen molar-refractivity contribution in [2.24, 2.45) is 0 Å². The molecule has 3 heterocycles. The Morgan fingerprint density at radius 1 is 1.24 bits per heavy atom. The van der Waals surface area contributed by atoms with Crippen molar-refractivity contribution in [1.29, 1.82) is 0 Å². The highest BCUT2D eigenvalue weighted by Gasteiger charge is 2.26. The van der Waals surface area contributed by atoms with Crippen molar-refractivity contribution in [2.75, 3.05) is 31.1 Å². The van der Waals surface area contributed by atoms with Crippen LogP contribution in [0.4, 0.5) is 5.13 Å². The highest BCUT2D eigenvalue weighted by Crippen LogP contribution is 2.30. The van der Waals surface area contributed by atoms with Crippen molar-refractivity contribution >= 4 is 33.0 Å². The Hall–Kier alpha value is -1.53. The summed E-state index contributed by atoms with van der Waals surface area (Å²) in [5.74, 6) is 0. The van der Waals surface area contributed by atoms with Crippen molar-refractivity contribution in [2.45, 2.75) is 26.3 Å². The minimum Gasteiger partial charge on any atom is -0.345 e. The fourth-order valence-corrected chi connectivity index (χ4v) is 3.64. The van der Waals surface area contributed by atoms with Gasteiger partial charge in [0, 0.05) is 31.7 Å². The topological polar surface area (TPSA) is 49.3 Å².